The Bertz CT molecular complexity index is 2170. The van der Waals surface area contributed by atoms with Crippen molar-refractivity contribution in [3.8, 4) is 22.6 Å². The number of aryl methyl sites for hydroxylation is 1. The van der Waals surface area contributed by atoms with Crippen molar-refractivity contribution < 1.29 is 24.5 Å². The molecular formula is C39H34IrN4O-2. The first kappa shape index (κ1) is 30.6. The minimum atomic E-state index is 0. The van der Waals surface area contributed by atoms with Crippen LogP contribution in [0.25, 0.3) is 61.3 Å². The Hall–Kier alpha value is -4.38. The molecule has 5 heterocycles. The summed E-state index contributed by atoms with van der Waals surface area (Å²) in [4.78, 5) is 13.9. The number of para-hydroxylation sites is 1. The second-order valence-corrected chi connectivity index (χ2v) is 11.9. The number of nitrogens with zero attached hydrogens (tertiary/aromatic N) is 4. The van der Waals surface area contributed by atoms with Crippen LogP contribution < -0.4 is 0 Å². The molecule has 0 aliphatic carbocycles. The number of hydrogen-bond acceptors (Lipinski definition) is 4. The molecule has 0 atom stereocenters. The SMILES string of the molecule is CC(C)C1=CCn2c(-c3[c-]cccc3)nc3cccc1c32.Cc1ccc2c(n1)oc1c(-c3cc(C(C)C)ccn3)[c-]ccc12.[Ir]. The van der Waals surface area contributed by atoms with Crippen LogP contribution in [0.4, 0.5) is 0 Å². The van der Waals surface area contributed by atoms with Crippen molar-refractivity contribution in [2.75, 3.05) is 0 Å². The molecule has 227 valence electrons. The zero-order valence-electron chi connectivity index (χ0n) is 26.1. The molecule has 0 saturated heterocycles. The van der Waals surface area contributed by atoms with Crippen LogP contribution in [-0.2, 0) is 26.7 Å². The first-order valence-corrected chi connectivity index (χ1v) is 15.2. The maximum absolute atomic E-state index is 6.04. The average Bonchev–Trinajstić information content (AvgIpc) is 3.61. The van der Waals surface area contributed by atoms with Crippen molar-refractivity contribution in [1.29, 1.82) is 0 Å². The van der Waals surface area contributed by atoms with Gasteiger partial charge in [-0.3, -0.25) is 4.98 Å². The largest absolute Gasteiger partial charge is 0.486 e. The smallest absolute Gasteiger partial charge is 0.216 e. The van der Waals surface area contributed by atoms with Crippen LogP contribution in [0.1, 0.15) is 50.4 Å². The summed E-state index contributed by atoms with van der Waals surface area (Å²) in [7, 11) is 0. The summed E-state index contributed by atoms with van der Waals surface area (Å²) in [5.41, 5.74) is 11.6. The second kappa shape index (κ2) is 12.5. The van der Waals surface area contributed by atoms with Crippen LogP contribution in [0.15, 0.2) is 95.6 Å². The molecule has 6 heteroatoms. The van der Waals surface area contributed by atoms with E-state index in [1.807, 2.05) is 49.5 Å². The molecule has 4 aromatic heterocycles. The van der Waals surface area contributed by atoms with Crippen molar-refractivity contribution in [3.63, 3.8) is 0 Å². The van der Waals surface area contributed by atoms with E-state index in [-0.39, 0.29) is 20.1 Å². The van der Waals surface area contributed by atoms with Crippen LogP contribution in [0.2, 0.25) is 0 Å². The number of aromatic nitrogens is 4. The topological polar surface area (TPSA) is 56.7 Å². The van der Waals surface area contributed by atoms with Gasteiger partial charge in [0.1, 0.15) is 0 Å². The fraction of sp³-hybridized carbons (Fsp3) is 0.205. The van der Waals surface area contributed by atoms with Gasteiger partial charge >= 0.3 is 0 Å². The number of hydrogen-bond donors (Lipinski definition) is 0. The number of furan rings is 1. The summed E-state index contributed by atoms with van der Waals surface area (Å²) in [6, 6.07) is 33.2. The Morgan fingerprint density at radius 2 is 1.71 bits per heavy atom. The molecule has 0 bridgehead atoms. The minimum absolute atomic E-state index is 0. The maximum atomic E-state index is 6.04. The molecule has 0 amide bonds. The zero-order valence-corrected chi connectivity index (χ0v) is 28.4. The van der Waals surface area contributed by atoms with E-state index in [2.05, 4.69) is 103 Å². The summed E-state index contributed by atoms with van der Waals surface area (Å²) in [5, 5.41) is 2.08. The van der Waals surface area contributed by atoms with E-state index in [0.717, 1.165) is 56.8 Å². The molecule has 0 fully saturated rings. The van der Waals surface area contributed by atoms with Crippen molar-refractivity contribution in [2.45, 2.75) is 47.1 Å². The van der Waals surface area contributed by atoms with Crippen molar-refractivity contribution in [1.82, 2.24) is 19.5 Å². The van der Waals surface area contributed by atoms with Crippen LogP contribution in [0.3, 0.4) is 0 Å². The molecule has 8 rings (SSSR count). The van der Waals surface area contributed by atoms with E-state index in [4.69, 9.17) is 9.40 Å². The number of fused-ring (bicyclic) bond motifs is 3. The molecule has 1 aliphatic rings. The van der Waals surface area contributed by atoms with Gasteiger partial charge in [-0.15, -0.1) is 54.1 Å². The number of rotatable bonds is 4. The molecule has 0 saturated carbocycles. The summed E-state index contributed by atoms with van der Waals surface area (Å²) in [6.45, 7) is 11.7. The monoisotopic (exact) mass is 767 g/mol. The molecule has 0 unspecified atom stereocenters. The van der Waals surface area contributed by atoms with Gasteiger partial charge in [-0.1, -0.05) is 68.5 Å². The predicted molar refractivity (Wildman–Crippen MR) is 179 cm³/mol. The summed E-state index contributed by atoms with van der Waals surface area (Å²) < 4.78 is 8.34. The Kier molecular flexibility index (Phi) is 8.54. The summed E-state index contributed by atoms with van der Waals surface area (Å²) >= 11 is 0. The van der Waals surface area contributed by atoms with Gasteiger partial charge in [0.2, 0.25) is 5.71 Å². The van der Waals surface area contributed by atoms with E-state index < -0.39 is 0 Å². The van der Waals surface area contributed by atoms with Gasteiger partial charge in [0.15, 0.2) is 0 Å². The third-order valence-electron chi connectivity index (χ3n) is 8.29. The average molecular weight is 767 g/mol. The first-order valence-electron chi connectivity index (χ1n) is 15.2. The number of imidazole rings is 1. The molecule has 0 spiro atoms. The van der Waals surface area contributed by atoms with Crippen molar-refractivity contribution in [2.24, 2.45) is 5.92 Å². The maximum Gasteiger partial charge on any atom is 0.216 e. The second-order valence-electron chi connectivity index (χ2n) is 11.9. The number of pyridine rings is 2. The number of allylic oxidation sites excluding steroid dienone is 2. The Balaban J connectivity index is 0.000000156. The van der Waals surface area contributed by atoms with Crippen LogP contribution in [0, 0.1) is 25.0 Å². The molecule has 1 radical (unpaired) electrons. The van der Waals surface area contributed by atoms with Gasteiger partial charge in [0.05, 0.1) is 22.4 Å². The van der Waals surface area contributed by atoms with Gasteiger partial charge in [-0.05, 0) is 54.3 Å². The van der Waals surface area contributed by atoms with Crippen molar-refractivity contribution >= 4 is 38.7 Å². The zero-order chi connectivity index (χ0) is 30.4. The van der Waals surface area contributed by atoms with E-state index in [1.165, 1.54) is 22.2 Å². The summed E-state index contributed by atoms with van der Waals surface area (Å²) in [5.74, 6) is 2.00. The van der Waals surface area contributed by atoms with E-state index in [0.29, 0.717) is 17.5 Å². The fourth-order valence-electron chi connectivity index (χ4n) is 6.03. The molecular weight excluding hydrogens is 733 g/mol. The standard InChI is InChI=1S/C20H17N2O.C19H17N2.Ir/c1-12(2)14-9-10-21-18(11-14)17-6-4-5-15-16-8-7-13(3)22-20(16)23-19(15)17;1-13(2)15-11-12-21-18-16(15)9-6-10-17(18)20-19(21)14-7-4-3-5-8-14;/h4-5,7-12H,1-3H3;3-7,9-11,13H,12H2,1-2H3;/q2*-1;. The van der Waals surface area contributed by atoms with Crippen molar-refractivity contribution in [3.05, 3.63) is 120 Å². The van der Waals surface area contributed by atoms with Crippen LogP contribution in [0.5, 0.6) is 0 Å². The Morgan fingerprint density at radius 1 is 0.844 bits per heavy atom. The van der Waals surface area contributed by atoms with Gasteiger partial charge in [-0.2, -0.15) is 0 Å². The number of benzene rings is 3. The summed E-state index contributed by atoms with van der Waals surface area (Å²) in [6.07, 6.45) is 4.18. The van der Waals surface area contributed by atoms with Crippen LogP contribution in [-0.4, -0.2) is 19.5 Å². The molecule has 7 aromatic rings. The molecule has 0 N–H and O–H groups in total. The van der Waals surface area contributed by atoms with E-state index in [9.17, 15) is 0 Å². The Morgan fingerprint density at radius 3 is 2.49 bits per heavy atom. The van der Waals surface area contributed by atoms with Gasteiger partial charge in [-0.25, -0.2) is 4.98 Å². The van der Waals surface area contributed by atoms with Crippen LogP contribution >= 0.6 is 0 Å². The third kappa shape index (κ3) is 5.65. The predicted octanol–water partition coefficient (Wildman–Crippen LogP) is 9.83. The third-order valence-corrected chi connectivity index (χ3v) is 8.29. The quantitative estimate of drug-likeness (QED) is 0.168. The molecule has 5 nitrogen and oxygen atoms in total. The normalized spacial score (nSPS) is 12.4. The minimum Gasteiger partial charge on any atom is -0.486 e. The van der Waals surface area contributed by atoms with E-state index >= 15 is 0 Å². The van der Waals surface area contributed by atoms with Gasteiger partial charge in [0, 0.05) is 49.5 Å². The van der Waals surface area contributed by atoms with E-state index in [1.54, 1.807) is 0 Å². The Labute approximate surface area is 277 Å². The fourth-order valence-corrected chi connectivity index (χ4v) is 6.03. The molecule has 1 aliphatic heterocycles. The molecule has 3 aromatic carbocycles. The van der Waals surface area contributed by atoms with Gasteiger partial charge < -0.3 is 14.0 Å². The van der Waals surface area contributed by atoms with Gasteiger partial charge in [0.25, 0.3) is 0 Å². The first-order chi connectivity index (χ1) is 21.4. The molecule has 45 heavy (non-hydrogen) atoms.